The molecule has 2 unspecified atom stereocenters. The third kappa shape index (κ3) is 0.598. The molecule has 9 heavy (non-hydrogen) atoms. The number of rotatable bonds is 0. The Morgan fingerprint density at radius 1 is 1.78 bits per heavy atom. The van der Waals surface area contributed by atoms with Crippen LogP contribution in [0.15, 0.2) is 23.9 Å². The molecule has 0 spiro atoms. The monoisotopic (exact) mass is 123 g/mol. The van der Waals surface area contributed by atoms with E-state index in [9.17, 15) is 0 Å². The molecule has 2 atom stereocenters. The maximum atomic E-state index is 5.50. The topological polar surface area (TPSA) is 38.5 Å². The first kappa shape index (κ1) is 5.06. The van der Waals surface area contributed by atoms with Crippen LogP contribution in [0.4, 0.5) is 0 Å². The van der Waals surface area contributed by atoms with E-state index in [4.69, 9.17) is 10.5 Å². The van der Waals surface area contributed by atoms with E-state index in [0.717, 1.165) is 5.70 Å². The fraction of sp³-hybridized carbons (Fsp3) is 0.429. The Bertz CT molecular complexity index is 207. The minimum atomic E-state index is -0.0110. The number of nitrogens with two attached hydrogens (primary N) is 1. The van der Waals surface area contributed by atoms with Crippen LogP contribution in [-0.4, -0.2) is 11.7 Å². The summed E-state index contributed by atoms with van der Waals surface area (Å²) in [7, 11) is 0. The molecule has 2 nitrogen and oxygen atoms in total. The number of ether oxygens (including phenoxy) is 1. The summed E-state index contributed by atoms with van der Waals surface area (Å²) in [5.74, 6) is 0. The fourth-order valence-electron chi connectivity index (χ4n) is 1.07. The van der Waals surface area contributed by atoms with Crippen LogP contribution in [0.1, 0.15) is 6.92 Å². The van der Waals surface area contributed by atoms with E-state index in [1.54, 1.807) is 0 Å². The molecule has 0 saturated carbocycles. The molecule has 1 aliphatic carbocycles. The van der Waals surface area contributed by atoms with Crippen LogP contribution in [0, 0.1) is 0 Å². The van der Waals surface area contributed by atoms with Crippen LogP contribution < -0.4 is 5.73 Å². The Balaban J connectivity index is 2.31. The molecule has 2 aliphatic rings. The number of allylic oxidation sites excluding steroid dienone is 1. The predicted molar refractivity (Wildman–Crippen MR) is 34.7 cm³/mol. The van der Waals surface area contributed by atoms with E-state index in [-0.39, 0.29) is 11.7 Å². The molecule has 1 saturated heterocycles. The summed E-state index contributed by atoms with van der Waals surface area (Å²) in [4.78, 5) is 0. The maximum absolute atomic E-state index is 5.50. The number of hydrogen-bond acceptors (Lipinski definition) is 2. The average Bonchev–Trinajstić information content (AvgIpc) is 2.41. The second-order valence-electron chi connectivity index (χ2n) is 2.72. The van der Waals surface area contributed by atoms with Crippen molar-refractivity contribution in [1.82, 2.24) is 0 Å². The minimum absolute atomic E-state index is 0.0110. The molecule has 0 amide bonds. The van der Waals surface area contributed by atoms with Gasteiger partial charge < -0.3 is 10.5 Å². The Hall–Kier alpha value is -0.760. The molecule has 1 aliphatic heterocycles. The van der Waals surface area contributed by atoms with Crippen molar-refractivity contribution in [3.63, 3.8) is 0 Å². The fourth-order valence-corrected chi connectivity index (χ4v) is 1.07. The van der Waals surface area contributed by atoms with Gasteiger partial charge in [0.15, 0.2) is 0 Å². The van der Waals surface area contributed by atoms with Gasteiger partial charge in [-0.05, 0) is 25.2 Å². The summed E-state index contributed by atoms with van der Waals surface area (Å²) >= 11 is 0. The molecule has 1 heterocycles. The van der Waals surface area contributed by atoms with Crippen molar-refractivity contribution in [2.75, 3.05) is 0 Å². The smallest absolute Gasteiger partial charge is 0.115 e. The number of epoxide rings is 1. The van der Waals surface area contributed by atoms with Crippen molar-refractivity contribution in [2.45, 2.75) is 18.6 Å². The van der Waals surface area contributed by atoms with Gasteiger partial charge in [0.2, 0.25) is 0 Å². The predicted octanol–water partition coefficient (Wildman–Crippen LogP) is 0.556. The van der Waals surface area contributed by atoms with Crippen molar-refractivity contribution in [2.24, 2.45) is 5.73 Å². The first-order chi connectivity index (χ1) is 4.21. The van der Waals surface area contributed by atoms with Crippen LogP contribution >= 0.6 is 0 Å². The first-order valence-electron chi connectivity index (χ1n) is 3.05. The zero-order chi connectivity index (χ0) is 6.48. The Kier molecular flexibility index (Phi) is 0.682. The summed E-state index contributed by atoms with van der Waals surface area (Å²) in [6.45, 7) is 2.05. The van der Waals surface area contributed by atoms with Gasteiger partial charge in [0, 0.05) is 5.70 Å². The molecular formula is C7H9NO. The summed E-state index contributed by atoms with van der Waals surface area (Å²) < 4.78 is 5.29. The van der Waals surface area contributed by atoms with Crippen LogP contribution in [-0.2, 0) is 4.74 Å². The van der Waals surface area contributed by atoms with E-state index >= 15 is 0 Å². The van der Waals surface area contributed by atoms with Crippen LogP contribution in [0.5, 0.6) is 0 Å². The normalized spacial score (nSPS) is 45.9. The highest BCUT2D eigenvalue weighted by Gasteiger charge is 2.50. The Morgan fingerprint density at radius 3 is 3.11 bits per heavy atom. The van der Waals surface area contributed by atoms with Crippen LogP contribution in [0.2, 0.25) is 0 Å². The molecule has 0 bridgehead atoms. The van der Waals surface area contributed by atoms with Gasteiger partial charge in [0.05, 0.1) is 0 Å². The summed E-state index contributed by atoms with van der Waals surface area (Å²) in [6, 6.07) is 0. The molecule has 0 radical (unpaired) electrons. The minimum Gasteiger partial charge on any atom is -0.399 e. The van der Waals surface area contributed by atoms with Crippen molar-refractivity contribution >= 4 is 0 Å². The molecule has 0 aromatic rings. The van der Waals surface area contributed by atoms with Gasteiger partial charge in [-0.1, -0.05) is 0 Å². The van der Waals surface area contributed by atoms with E-state index in [1.807, 2.05) is 18.2 Å². The van der Waals surface area contributed by atoms with Crippen molar-refractivity contribution in [3.8, 4) is 0 Å². The van der Waals surface area contributed by atoms with Crippen molar-refractivity contribution < 1.29 is 4.74 Å². The van der Waals surface area contributed by atoms with Crippen LogP contribution in [0.3, 0.4) is 0 Å². The highest BCUT2D eigenvalue weighted by molar-refractivity contribution is 5.34. The number of fused-ring (bicyclic) bond motifs is 1. The summed E-state index contributed by atoms with van der Waals surface area (Å²) in [6.07, 6.45) is 6.10. The largest absolute Gasteiger partial charge is 0.399 e. The third-order valence-corrected chi connectivity index (χ3v) is 1.84. The number of hydrogen-bond donors (Lipinski definition) is 1. The lowest BCUT2D eigenvalue weighted by Crippen LogP contribution is -2.10. The van der Waals surface area contributed by atoms with Gasteiger partial charge in [-0.3, -0.25) is 0 Å². The van der Waals surface area contributed by atoms with Crippen LogP contribution in [0.25, 0.3) is 0 Å². The lowest BCUT2D eigenvalue weighted by molar-refractivity contribution is 0.357. The van der Waals surface area contributed by atoms with Crippen molar-refractivity contribution in [3.05, 3.63) is 23.9 Å². The molecule has 48 valence electrons. The molecule has 0 aromatic carbocycles. The highest BCUT2D eigenvalue weighted by Crippen LogP contribution is 2.41. The van der Waals surface area contributed by atoms with Gasteiger partial charge in [0.25, 0.3) is 0 Å². The van der Waals surface area contributed by atoms with E-state index in [1.165, 1.54) is 0 Å². The average molecular weight is 123 g/mol. The Morgan fingerprint density at radius 2 is 2.56 bits per heavy atom. The zero-order valence-corrected chi connectivity index (χ0v) is 5.29. The quantitative estimate of drug-likeness (QED) is 0.478. The molecule has 2 heteroatoms. The Labute approximate surface area is 54.0 Å². The summed E-state index contributed by atoms with van der Waals surface area (Å²) in [5.41, 5.74) is 6.31. The van der Waals surface area contributed by atoms with Gasteiger partial charge in [-0.25, -0.2) is 0 Å². The molecular weight excluding hydrogens is 114 g/mol. The van der Waals surface area contributed by atoms with E-state index < -0.39 is 0 Å². The molecule has 1 fully saturated rings. The van der Waals surface area contributed by atoms with Crippen molar-refractivity contribution in [1.29, 1.82) is 0 Å². The lowest BCUT2D eigenvalue weighted by atomic mass is 10.0. The van der Waals surface area contributed by atoms with E-state index in [0.29, 0.717) is 0 Å². The van der Waals surface area contributed by atoms with Gasteiger partial charge in [-0.15, -0.1) is 0 Å². The standard InChI is InChI=1S/C7H9NO/c1-7-3-2-5(8)4-6(7)9-7/h2-4,6H,8H2,1H3. The lowest BCUT2D eigenvalue weighted by Gasteiger charge is -2.01. The van der Waals surface area contributed by atoms with Gasteiger partial charge >= 0.3 is 0 Å². The SMILES string of the molecule is CC12C=CC(N)=CC1O2. The molecule has 0 aromatic heterocycles. The second-order valence-corrected chi connectivity index (χ2v) is 2.72. The van der Waals surface area contributed by atoms with Gasteiger partial charge in [-0.2, -0.15) is 0 Å². The second kappa shape index (κ2) is 1.21. The third-order valence-electron chi connectivity index (χ3n) is 1.84. The maximum Gasteiger partial charge on any atom is 0.115 e. The van der Waals surface area contributed by atoms with Gasteiger partial charge in [0.1, 0.15) is 11.7 Å². The van der Waals surface area contributed by atoms with E-state index in [2.05, 4.69) is 6.92 Å². The first-order valence-corrected chi connectivity index (χ1v) is 3.05. The molecule has 2 N–H and O–H groups in total. The zero-order valence-electron chi connectivity index (χ0n) is 5.29. The molecule has 2 rings (SSSR count). The summed E-state index contributed by atoms with van der Waals surface area (Å²) in [5, 5.41) is 0. The highest BCUT2D eigenvalue weighted by atomic mass is 16.6.